The van der Waals surface area contributed by atoms with Gasteiger partial charge in [0.2, 0.25) is 11.0 Å². The summed E-state index contributed by atoms with van der Waals surface area (Å²) in [6.07, 6.45) is 0.0183. The zero-order valence-electron chi connectivity index (χ0n) is 15.6. The molecular formula is C19H22N4O2S. The smallest absolute Gasteiger partial charge is 0.277 e. The number of carbonyl (C=O) groups is 1. The summed E-state index contributed by atoms with van der Waals surface area (Å²) in [6, 6.07) is 5.76. The zero-order valence-corrected chi connectivity index (χ0v) is 16.4. The van der Waals surface area contributed by atoms with Gasteiger partial charge in [-0.15, -0.1) is 0 Å². The fourth-order valence-corrected chi connectivity index (χ4v) is 3.53. The van der Waals surface area contributed by atoms with Crippen LogP contribution in [0.5, 0.6) is 0 Å². The number of nitrogens with zero attached hydrogens (tertiary/aromatic N) is 2. The molecule has 3 rings (SSSR count). The summed E-state index contributed by atoms with van der Waals surface area (Å²) < 4.78 is 1.42. The van der Waals surface area contributed by atoms with Crippen LogP contribution in [-0.2, 0) is 11.2 Å². The topological polar surface area (TPSA) is 79.8 Å². The summed E-state index contributed by atoms with van der Waals surface area (Å²) in [5, 5.41) is 6.48. The minimum Gasteiger partial charge on any atom is -0.326 e. The van der Waals surface area contributed by atoms with Crippen LogP contribution in [0.1, 0.15) is 33.0 Å². The molecule has 1 aromatic carbocycles. The largest absolute Gasteiger partial charge is 0.326 e. The molecule has 26 heavy (non-hydrogen) atoms. The molecule has 6 nitrogen and oxygen atoms in total. The van der Waals surface area contributed by atoms with E-state index in [-0.39, 0.29) is 17.9 Å². The third kappa shape index (κ3) is 3.48. The summed E-state index contributed by atoms with van der Waals surface area (Å²) in [5.74, 6) is -0.217. The van der Waals surface area contributed by atoms with Gasteiger partial charge in [-0.3, -0.25) is 14.7 Å². The molecule has 0 spiro atoms. The number of carbonyl (C=O) groups excluding carboxylic acids is 1. The van der Waals surface area contributed by atoms with E-state index in [0.29, 0.717) is 16.4 Å². The van der Waals surface area contributed by atoms with Crippen molar-refractivity contribution in [2.24, 2.45) is 0 Å². The van der Waals surface area contributed by atoms with E-state index in [4.69, 9.17) is 0 Å². The van der Waals surface area contributed by atoms with E-state index in [0.717, 1.165) is 21.8 Å². The van der Waals surface area contributed by atoms with Crippen molar-refractivity contribution in [3.8, 4) is 5.13 Å². The molecule has 2 heterocycles. The average molecular weight is 370 g/mol. The number of benzene rings is 1. The summed E-state index contributed by atoms with van der Waals surface area (Å²) in [7, 11) is 0. The lowest BCUT2D eigenvalue weighted by atomic mass is 10.1. The van der Waals surface area contributed by atoms with Gasteiger partial charge in [-0.2, -0.15) is 4.68 Å². The van der Waals surface area contributed by atoms with Gasteiger partial charge in [0.1, 0.15) is 0 Å². The maximum absolute atomic E-state index is 12.7. The second-order valence-corrected chi connectivity index (χ2v) is 7.70. The van der Waals surface area contributed by atoms with Crippen molar-refractivity contribution < 1.29 is 4.79 Å². The number of anilines is 1. The van der Waals surface area contributed by atoms with Crippen LogP contribution >= 0.6 is 11.3 Å². The predicted molar refractivity (Wildman–Crippen MR) is 105 cm³/mol. The van der Waals surface area contributed by atoms with Crippen LogP contribution in [0.2, 0.25) is 0 Å². The number of rotatable bonds is 4. The zero-order chi connectivity index (χ0) is 19.0. The van der Waals surface area contributed by atoms with E-state index in [1.165, 1.54) is 21.6 Å². The van der Waals surface area contributed by atoms with E-state index in [9.17, 15) is 9.59 Å². The first-order valence-electron chi connectivity index (χ1n) is 8.38. The maximum atomic E-state index is 12.7. The first-order valence-corrected chi connectivity index (χ1v) is 9.20. The second kappa shape index (κ2) is 6.92. The van der Waals surface area contributed by atoms with Crippen LogP contribution in [0.25, 0.3) is 5.13 Å². The Morgan fingerprint density at radius 2 is 1.92 bits per heavy atom. The van der Waals surface area contributed by atoms with E-state index in [1.54, 1.807) is 6.92 Å². The lowest BCUT2D eigenvalue weighted by Gasteiger charge is -2.07. The number of thiazole rings is 1. The maximum Gasteiger partial charge on any atom is 0.277 e. The normalized spacial score (nSPS) is 11.0. The number of amides is 1. The molecule has 1 amide bonds. The van der Waals surface area contributed by atoms with Gasteiger partial charge in [-0.1, -0.05) is 17.4 Å². The summed E-state index contributed by atoms with van der Waals surface area (Å²) in [4.78, 5) is 30.6. The highest BCUT2D eigenvalue weighted by molar-refractivity contribution is 7.14. The van der Waals surface area contributed by atoms with Crippen LogP contribution in [-0.4, -0.2) is 20.7 Å². The number of nitrogens with one attached hydrogen (secondary N) is 2. The van der Waals surface area contributed by atoms with Crippen molar-refractivity contribution in [1.82, 2.24) is 14.8 Å². The van der Waals surface area contributed by atoms with Gasteiger partial charge in [0.25, 0.3) is 5.56 Å². The number of aromatic amines is 1. The molecule has 0 fully saturated rings. The Balaban J connectivity index is 1.82. The number of hydrogen-bond acceptors (Lipinski definition) is 4. The van der Waals surface area contributed by atoms with Crippen molar-refractivity contribution in [2.75, 3.05) is 5.32 Å². The van der Waals surface area contributed by atoms with Crippen molar-refractivity contribution >= 4 is 22.9 Å². The van der Waals surface area contributed by atoms with Gasteiger partial charge >= 0.3 is 0 Å². The fourth-order valence-electron chi connectivity index (χ4n) is 2.66. The highest BCUT2D eigenvalue weighted by atomic mass is 32.1. The van der Waals surface area contributed by atoms with E-state index < -0.39 is 0 Å². The monoisotopic (exact) mass is 370 g/mol. The molecule has 0 bridgehead atoms. The van der Waals surface area contributed by atoms with Crippen molar-refractivity contribution in [3.63, 3.8) is 0 Å². The first kappa shape index (κ1) is 18.1. The van der Waals surface area contributed by atoms with Gasteiger partial charge in [0.05, 0.1) is 12.1 Å². The van der Waals surface area contributed by atoms with E-state index in [2.05, 4.69) is 15.4 Å². The molecule has 2 N–H and O–H groups in total. The number of aryl methyl sites for hydroxylation is 5. The van der Waals surface area contributed by atoms with Crippen molar-refractivity contribution in [1.29, 1.82) is 0 Å². The fraction of sp³-hybridized carbons (Fsp3) is 0.316. The molecule has 0 unspecified atom stereocenters. The standard InChI is InChI=1S/C19H22N4O2S/c1-10-6-7-15(8-11(10)2)21-17(24)9-16-13(4)22-23(18(16)25)19-20-12(3)14(5)26-19/h6-8,22H,9H2,1-5H3,(H,21,24). The lowest BCUT2D eigenvalue weighted by molar-refractivity contribution is -0.115. The Morgan fingerprint density at radius 1 is 1.19 bits per heavy atom. The Hall–Kier alpha value is -2.67. The highest BCUT2D eigenvalue weighted by Crippen LogP contribution is 2.19. The second-order valence-electron chi connectivity index (χ2n) is 6.52. The van der Waals surface area contributed by atoms with Crippen molar-refractivity contribution in [3.05, 3.63) is 61.5 Å². The minimum absolute atomic E-state index is 0.0183. The van der Waals surface area contributed by atoms with Crippen LogP contribution in [0.15, 0.2) is 23.0 Å². The molecule has 0 saturated heterocycles. The predicted octanol–water partition coefficient (Wildman–Crippen LogP) is 3.35. The Morgan fingerprint density at radius 3 is 2.54 bits per heavy atom. The molecule has 0 aliphatic carbocycles. The van der Waals surface area contributed by atoms with Gasteiger partial charge < -0.3 is 5.32 Å². The average Bonchev–Trinajstić information content (AvgIpc) is 3.04. The molecule has 2 aromatic heterocycles. The lowest BCUT2D eigenvalue weighted by Crippen LogP contribution is -2.22. The van der Waals surface area contributed by atoms with Gasteiger partial charge in [0.15, 0.2) is 0 Å². The summed E-state index contributed by atoms with van der Waals surface area (Å²) in [5.41, 5.74) is 4.81. The highest BCUT2D eigenvalue weighted by Gasteiger charge is 2.18. The third-order valence-electron chi connectivity index (χ3n) is 4.53. The Bertz CT molecular complexity index is 1020. The minimum atomic E-state index is -0.230. The van der Waals surface area contributed by atoms with Crippen LogP contribution in [0.4, 0.5) is 5.69 Å². The van der Waals surface area contributed by atoms with Gasteiger partial charge in [0, 0.05) is 21.8 Å². The molecule has 0 saturated carbocycles. The quantitative estimate of drug-likeness (QED) is 0.739. The summed E-state index contributed by atoms with van der Waals surface area (Å²) in [6.45, 7) is 9.69. The molecule has 0 atom stereocenters. The number of hydrogen-bond donors (Lipinski definition) is 2. The van der Waals surface area contributed by atoms with E-state index in [1.807, 2.05) is 45.9 Å². The SMILES string of the molecule is Cc1ccc(NC(=O)Cc2c(C)[nH]n(-c3nc(C)c(C)s3)c2=O)cc1C. The third-order valence-corrected chi connectivity index (χ3v) is 5.59. The number of aromatic nitrogens is 3. The van der Waals surface area contributed by atoms with Crippen LogP contribution in [0.3, 0.4) is 0 Å². The molecular weight excluding hydrogens is 348 g/mol. The Labute approximate surface area is 155 Å². The van der Waals surface area contributed by atoms with Gasteiger partial charge in [-0.25, -0.2) is 4.98 Å². The van der Waals surface area contributed by atoms with Crippen LogP contribution < -0.4 is 10.9 Å². The molecule has 0 aliphatic heterocycles. The molecule has 0 aliphatic rings. The molecule has 0 radical (unpaired) electrons. The number of H-pyrrole nitrogens is 1. The van der Waals surface area contributed by atoms with Crippen LogP contribution in [0, 0.1) is 34.6 Å². The molecule has 7 heteroatoms. The van der Waals surface area contributed by atoms with Gasteiger partial charge in [-0.05, 0) is 57.9 Å². The van der Waals surface area contributed by atoms with Crippen molar-refractivity contribution in [2.45, 2.75) is 41.0 Å². The summed E-state index contributed by atoms with van der Waals surface area (Å²) >= 11 is 1.45. The first-order chi connectivity index (χ1) is 12.3. The molecule has 136 valence electrons. The Kier molecular flexibility index (Phi) is 4.82. The molecule has 3 aromatic rings. The van der Waals surface area contributed by atoms with E-state index >= 15 is 0 Å².